The number of ether oxygens (including phenoxy) is 1. The van der Waals surface area contributed by atoms with E-state index in [2.05, 4.69) is 10.1 Å². The second kappa shape index (κ2) is 5.24. The van der Waals surface area contributed by atoms with Gasteiger partial charge in [-0.3, -0.25) is 0 Å². The number of nitrogens with zero attached hydrogens (tertiary/aromatic N) is 3. The fourth-order valence-corrected chi connectivity index (χ4v) is 2.16. The van der Waals surface area contributed by atoms with Crippen LogP contribution in [0.1, 0.15) is 17.4 Å². The van der Waals surface area contributed by atoms with Gasteiger partial charge in [0.15, 0.2) is 11.3 Å². The number of carboxylic acid groups (broad SMARTS) is 1. The van der Waals surface area contributed by atoms with Crippen molar-refractivity contribution in [3.8, 4) is 17.0 Å². The first-order valence-electron chi connectivity index (χ1n) is 6.51. The summed E-state index contributed by atoms with van der Waals surface area (Å²) in [5, 5.41) is 13.1. The third-order valence-electron chi connectivity index (χ3n) is 3.04. The molecule has 0 amide bonds. The van der Waals surface area contributed by atoms with Gasteiger partial charge in [-0.1, -0.05) is 12.1 Å². The first kappa shape index (κ1) is 13.1. The highest BCUT2D eigenvalue weighted by atomic mass is 16.5. The molecule has 3 aromatic rings. The molecule has 106 valence electrons. The van der Waals surface area contributed by atoms with Crippen molar-refractivity contribution >= 4 is 11.6 Å². The number of rotatable bonds is 4. The summed E-state index contributed by atoms with van der Waals surface area (Å²) in [6, 6.07) is 10.8. The highest BCUT2D eigenvalue weighted by Crippen LogP contribution is 2.29. The highest BCUT2D eigenvalue weighted by molar-refractivity contribution is 5.87. The Labute approximate surface area is 120 Å². The second-order valence-electron chi connectivity index (χ2n) is 4.36. The Hall–Kier alpha value is -2.89. The molecular formula is C15H13N3O3. The van der Waals surface area contributed by atoms with Crippen molar-refractivity contribution in [2.45, 2.75) is 6.92 Å². The molecule has 0 radical (unpaired) electrons. The average Bonchev–Trinajstić information content (AvgIpc) is 2.92. The molecule has 0 aliphatic heterocycles. The summed E-state index contributed by atoms with van der Waals surface area (Å²) in [4.78, 5) is 15.2. The van der Waals surface area contributed by atoms with Gasteiger partial charge in [-0.25, -0.2) is 14.3 Å². The van der Waals surface area contributed by atoms with Crippen LogP contribution in [0.5, 0.6) is 5.75 Å². The molecule has 6 heteroatoms. The topological polar surface area (TPSA) is 76.7 Å². The van der Waals surface area contributed by atoms with E-state index in [1.807, 2.05) is 31.2 Å². The van der Waals surface area contributed by atoms with E-state index in [1.54, 1.807) is 12.3 Å². The molecule has 0 saturated carbocycles. The molecule has 1 N–H and O–H groups in total. The lowest BCUT2D eigenvalue weighted by atomic mass is 10.1. The third kappa shape index (κ3) is 2.31. The van der Waals surface area contributed by atoms with E-state index in [0.29, 0.717) is 12.3 Å². The zero-order valence-electron chi connectivity index (χ0n) is 11.4. The Bertz CT molecular complexity index is 811. The summed E-state index contributed by atoms with van der Waals surface area (Å²) in [7, 11) is 0. The molecule has 0 aliphatic carbocycles. The lowest BCUT2D eigenvalue weighted by Crippen LogP contribution is -2.01. The quantitative estimate of drug-likeness (QED) is 0.796. The Morgan fingerprint density at radius 3 is 2.90 bits per heavy atom. The maximum Gasteiger partial charge on any atom is 0.356 e. The van der Waals surface area contributed by atoms with Crippen molar-refractivity contribution in [2.24, 2.45) is 0 Å². The Morgan fingerprint density at radius 2 is 2.14 bits per heavy atom. The van der Waals surface area contributed by atoms with Crippen LogP contribution >= 0.6 is 0 Å². The van der Waals surface area contributed by atoms with Crippen molar-refractivity contribution in [1.29, 1.82) is 0 Å². The summed E-state index contributed by atoms with van der Waals surface area (Å²) in [5.41, 5.74) is 2.02. The minimum atomic E-state index is -1.08. The molecular weight excluding hydrogens is 270 g/mol. The standard InChI is InChI=1S/C15H13N3O3/c1-2-21-13-6-4-3-5-10(13)12-7-8-16-14-9-11(15(19)20)17-18(12)14/h3-9H,2H2,1H3,(H,19,20). The van der Waals surface area contributed by atoms with Gasteiger partial charge in [-0.05, 0) is 25.1 Å². The largest absolute Gasteiger partial charge is 0.493 e. The number of benzene rings is 1. The number of carbonyl (C=O) groups is 1. The van der Waals surface area contributed by atoms with E-state index < -0.39 is 5.97 Å². The Kier molecular flexibility index (Phi) is 3.27. The van der Waals surface area contributed by atoms with Crippen LogP contribution in [0.4, 0.5) is 0 Å². The van der Waals surface area contributed by atoms with Gasteiger partial charge in [0.1, 0.15) is 5.75 Å². The van der Waals surface area contributed by atoms with E-state index in [4.69, 9.17) is 9.84 Å². The molecule has 2 aromatic heterocycles. The van der Waals surface area contributed by atoms with Crippen molar-refractivity contribution in [3.05, 3.63) is 48.3 Å². The van der Waals surface area contributed by atoms with Crippen LogP contribution in [0.3, 0.4) is 0 Å². The average molecular weight is 283 g/mol. The van der Waals surface area contributed by atoms with E-state index in [0.717, 1.165) is 17.0 Å². The van der Waals surface area contributed by atoms with Crippen LogP contribution in [-0.2, 0) is 0 Å². The zero-order valence-corrected chi connectivity index (χ0v) is 11.4. The van der Waals surface area contributed by atoms with E-state index in [1.165, 1.54) is 10.6 Å². The third-order valence-corrected chi connectivity index (χ3v) is 3.04. The van der Waals surface area contributed by atoms with Gasteiger partial charge in [-0.2, -0.15) is 5.10 Å². The Balaban J connectivity index is 2.23. The molecule has 2 heterocycles. The van der Waals surface area contributed by atoms with E-state index >= 15 is 0 Å². The maximum absolute atomic E-state index is 11.1. The molecule has 0 spiro atoms. The molecule has 3 rings (SSSR count). The lowest BCUT2D eigenvalue weighted by Gasteiger charge is -2.10. The number of hydrogen-bond donors (Lipinski definition) is 1. The minimum Gasteiger partial charge on any atom is -0.493 e. The number of para-hydroxylation sites is 1. The highest BCUT2D eigenvalue weighted by Gasteiger charge is 2.14. The SMILES string of the molecule is CCOc1ccccc1-c1ccnc2cc(C(=O)O)nn12. The van der Waals surface area contributed by atoms with Crippen LogP contribution in [0.25, 0.3) is 16.9 Å². The second-order valence-corrected chi connectivity index (χ2v) is 4.36. The molecule has 0 atom stereocenters. The van der Waals surface area contributed by atoms with Gasteiger partial charge in [0.05, 0.1) is 12.3 Å². The number of fused-ring (bicyclic) bond motifs is 1. The van der Waals surface area contributed by atoms with Crippen molar-refractivity contribution in [2.75, 3.05) is 6.61 Å². The summed E-state index contributed by atoms with van der Waals surface area (Å²) in [6.07, 6.45) is 1.63. The van der Waals surface area contributed by atoms with Gasteiger partial charge in [0, 0.05) is 17.8 Å². The van der Waals surface area contributed by atoms with Gasteiger partial charge in [0.25, 0.3) is 0 Å². The summed E-state index contributed by atoms with van der Waals surface area (Å²) in [5.74, 6) is -0.357. The van der Waals surface area contributed by atoms with Crippen molar-refractivity contribution < 1.29 is 14.6 Å². The summed E-state index contributed by atoms with van der Waals surface area (Å²) < 4.78 is 7.13. The fourth-order valence-electron chi connectivity index (χ4n) is 2.16. The fraction of sp³-hybridized carbons (Fsp3) is 0.133. The van der Waals surface area contributed by atoms with Gasteiger partial charge < -0.3 is 9.84 Å². The summed E-state index contributed by atoms with van der Waals surface area (Å²) >= 11 is 0. The first-order chi connectivity index (χ1) is 10.2. The predicted molar refractivity (Wildman–Crippen MR) is 76.6 cm³/mol. The first-order valence-corrected chi connectivity index (χ1v) is 6.51. The Morgan fingerprint density at radius 1 is 1.33 bits per heavy atom. The maximum atomic E-state index is 11.1. The number of aromatic carboxylic acids is 1. The number of carboxylic acids is 1. The van der Waals surface area contributed by atoms with Crippen LogP contribution in [0.2, 0.25) is 0 Å². The van der Waals surface area contributed by atoms with E-state index in [9.17, 15) is 4.79 Å². The minimum absolute atomic E-state index is 0.0381. The molecule has 21 heavy (non-hydrogen) atoms. The van der Waals surface area contributed by atoms with Gasteiger partial charge in [0.2, 0.25) is 0 Å². The molecule has 0 aliphatic rings. The lowest BCUT2D eigenvalue weighted by molar-refractivity contribution is 0.0690. The van der Waals surface area contributed by atoms with Crippen molar-refractivity contribution in [3.63, 3.8) is 0 Å². The monoisotopic (exact) mass is 283 g/mol. The van der Waals surface area contributed by atoms with Crippen LogP contribution in [0, 0.1) is 0 Å². The number of aromatic nitrogens is 3. The summed E-state index contributed by atoms with van der Waals surface area (Å²) in [6.45, 7) is 2.46. The smallest absolute Gasteiger partial charge is 0.356 e. The predicted octanol–water partition coefficient (Wildman–Crippen LogP) is 2.49. The normalized spacial score (nSPS) is 10.7. The van der Waals surface area contributed by atoms with Crippen LogP contribution < -0.4 is 4.74 Å². The molecule has 0 bridgehead atoms. The van der Waals surface area contributed by atoms with Gasteiger partial charge in [-0.15, -0.1) is 0 Å². The van der Waals surface area contributed by atoms with Gasteiger partial charge >= 0.3 is 5.97 Å². The van der Waals surface area contributed by atoms with Crippen molar-refractivity contribution in [1.82, 2.24) is 14.6 Å². The number of hydrogen-bond acceptors (Lipinski definition) is 4. The molecule has 1 aromatic carbocycles. The molecule has 0 unspecified atom stereocenters. The van der Waals surface area contributed by atoms with Crippen LogP contribution in [-0.4, -0.2) is 32.3 Å². The van der Waals surface area contributed by atoms with Crippen LogP contribution in [0.15, 0.2) is 42.6 Å². The molecule has 6 nitrogen and oxygen atoms in total. The zero-order chi connectivity index (χ0) is 14.8. The van der Waals surface area contributed by atoms with E-state index in [-0.39, 0.29) is 5.69 Å². The molecule has 0 saturated heterocycles. The molecule has 0 fully saturated rings.